The molecule has 15 heavy (non-hydrogen) atoms. The number of hydrogen-bond acceptors (Lipinski definition) is 6. The summed E-state index contributed by atoms with van der Waals surface area (Å²) >= 11 is 2.61. The maximum atomic E-state index is 11.3. The van der Waals surface area contributed by atoms with Crippen molar-refractivity contribution in [2.45, 2.75) is 12.2 Å². The fourth-order valence-electron chi connectivity index (χ4n) is 0.921. The van der Waals surface area contributed by atoms with Gasteiger partial charge in [-0.05, 0) is 6.92 Å². The zero-order valence-corrected chi connectivity index (χ0v) is 9.65. The first-order valence-corrected chi connectivity index (χ1v) is 6.10. The summed E-state index contributed by atoms with van der Waals surface area (Å²) in [7, 11) is 0. The van der Waals surface area contributed by atoms with Gasteiger partial charge in [0.05, 0.1) is 16.9 Å². The molecule has 1 fully saturated rings. The average molecular weight is 240 g/mol. The van der Waals surface area contributed by atoms with Crippen LogP contribution in [0, 0.1) is 22.7 Å². The SMILES string of the molecule is CCOC(=O)/C(C#N)=C1\SCC(C#N)S1. The second-order valence-electron chi connectivity index (χ2n) is 2.54. The highest BCUT2D eigenvalue weighted by Crippen LogP contribution is 2.43. The van der Waals surface area contributed by atoms with Gasteiger partial charge in [0.1, 0.15) is 11.3 Å². The molecule has 0 aromatic carbocycles. The van der Waals surface area contributed by atoms with Crippen LogP contribution in [0.4, 0.5) is 0 Å². The van der Waals surface area contributed by atoms with Crippen molar-refractivity contribution in [3.63, 3.8) is 0 Å². The molecule has 0 bridgehead atoms. The van der Waals surface area contributed by atoms with E-state index in [4.69, 9.17) is 15.3 Å². The first kappa shape index (κ1) is 12.0. The van der Waals surface area contributed by atoms with Crippen LogP contribution in [0.2, 0.25) is 0 Å². The van der Waals surface area contributed by atoms with Crippen LogP contribution in [0.25, 0.3) is 0 Å². The summed E-state index contributed by atoms with van der Waals surface area (Å²) in [4.78, 5) is 11.3. The van der Waals surface area contributed by atoms with Crippen molar-refractivity contribution in [2.75, 3.05) is 12.4 Å². The minimum atomic E-state index is -0.603. The van der Waals surface area contributed by atoms with E-state index in [1.807, 2.05) is 6.07 Å². The number of nitriles is 2. The Labute approximate surface area is 96.3 Å². The minimum Gasteiger partial charge on any atom is -0.462 e. The van der Waals surface area contributed by atoms with E-state index in [1.54, 1.807) is 6.92 Å². The van der Waals surface area contributed by atoms with Crippen LogP contribution in [-0.4, -0.2) is 23.6 Å². The topological polar surface area (TPSA) is 73.9 Å². The standard InChI is InChI=1S/C9H8N2O2S2/c1-2-13-8(12)7(4-11)9-14-5-6(3-10)15-9/h6H,2,5H2,1H3/b9-7+. The Hall–Kier alpha value is -1.11. The summed E-state index contributed by atoms with van der Waals surface area (Å²) < 4.78 is 5.35. The first-order chi connectivity index (χ1) is 7.22. The van der Waals surface area contributed by atoms with Crippen LogP contribution >= 0.6 is 23.5 Å². The van der Waals surface area contributed by atoms with Gasteiger partial charge < -0.3 is 4.74 Å². The van der Waals surface area contributed by atoms with Gasteiger partial charge in [-0.1, -0.05) is 11.8 Å². The maximum Gasteiger partial charge on any atom is 0.350 e. The molecule has 1 heterocycles. The molecule has 1 saturated heterocycles. The van der Waals surface area contributed by atoms with E-state index in [-0.39, 0.29) is 17.4 Å². The summed E-state index contributed by atoms with van der Waals surface area (Å²) in [5.41, 5.74) is 0.0181. The Morgan fingerprint density at radius 1 is 1.67 bits per heavy atom. The fraction of sp³-hybridized carbons (Fsp3) is 0.444. The number of carbonyl (C=O) groups is 1. The van der Waals surface area contributed by atoms with E-state index < -0.39 is 5.97 Å². The average Bonchev–Trinajstić information content (AvgIpc) is 2.68. The molecule has 78 valence electrons. The molecule has 1 rings (SSSR count). The van der Waals surface area contributed by atoms with E-state index in [0.29, 0.717) is 9.99 Å². The van der Waals surface area contributed by atoms with Gasteiger partial charge in [-0.3, -0.25) is 0 Å². The molecule has 4 nitrogen and oxygen atoms in total. The highest BCUT2D eigenvalue weighted by molar-refractivity contribution is 8.25. The Kier molecular flexibility index (Phi) is 4.54. The minimum absolute atomic E-state index is 0.0181. The normalized spacial score (nSPS) is 22.7. The quantitative estimate of drug-likeness (QED) is 0.415. The van der Waals surface area contributed by atoms with Crippen molar-refractivity contribution < 1.29 is 9.53 Å². The van der Waals surface area contributed by atoms with Crippen LogP contribution < -0.4 is 0 Å². The molecule has 0 aliphatic carbocycles. The molecule has 0 saturated carbocycles. The molecule has 1 aliphatic rings. The Morgan fingerprint density at radius 3 is 2.87 bits per heavy atom. The molecular formula is C9H8N2O2S2. The van der Waals surface area contributed by atoms with Gasteiger partial charge in [-0.15, -0.1) is 11.8 Å². The van der Waals surface area contributed by atoms with Crippen LogP contribution in [0.5, 0.6) is 0 Å². The zero-order valence-electron chi connectivity index (χ0n) is 8.02. The predicted octanol–water partition coefficient (Wildman–Crippen LogP) is 1.66. The van der Waals surface area contributed by atoms with Gasteiger partial charge in [0.25, 0.3) is 0 Å². The molecule has 1 unspecified atom stereocenters. The lowest BCUT2D eigenvalue weighted by Crippen LogP contribution is -2.07. The number of carbonyl (C=O) groups excluding carboxylic acids is 1. The van der Waals surface area contributed by atoms with Crippen molar-refractivity contribution in [3.8, 4) is 12.1 Å². The van der Waals surface area contributed by atoms with Gasteiger partial charge in [0.2, 0.25) is 0 Å². The third-order valence-electron chi connectivity index (χ3n) is 1.55. The van der Waals surface area contributed by atoms with E-state index >= 15 is 0 Å². The first-order valence-electron chi connectivity index (χ1n) is 4.23. The predicted molar refractivity (Wildman–Crippen MR) is 58.7 cm³/mol. The number of thioether (sulfide) groups is 2. The van der Waals surface area contributed by atoms with Crippen molar-refractivity contribution in [1.29, 1.82) is 10.5 Å². The van der Waals surface area contributed by atoms with Crippen LogP contribution in [0.1, 0.15) is 6.92 Å². The van der Waals surface area contributed by atoms with Gasteiger partial charge >= 0.3 is 5.97 Å². The van der Waals surface area contributed by atoms with Crippen LogP contribution in [-0.2, 0) is 9.53 Å². The molecule has 0 aromatic heterocycles. The fourth-order valence-corrected chi connectivity index (χ4v) is 3.43. The third kappa shape index (κ3) is 2.92. The summed E-state index contributed by atoms with van der Waals surface area (Å²) in [6.07, 6.45) is 0. The molecule has 1 aliphatic heterocycles. The van der Waals surface area contributed by atoms with Gasteiger partial charge in [0.15, 0.2) is 5.57 Å². The monoisotopic (exact) mass is 240 g/mol. The number of ether oxygens (including phenoxy) is 1. The number of rotatable bonds is 2. The molecule has 6 heteroatoms. The molecule has 0 spiro atoms. The highest BCUT2D eigenvalue weighted by Gasteiger charge is 2.27. The van der Waals surface area contributed by atoms with Crippen molar-refractivity contribution in [1.82, 2.24) is 0 Å². The van der Waals surface area contributed by atoms with Crippen LogP contribution in [0.3, 0.4) is 0 Å². The van der Waals surface area contributed by atoms with Gasteiger partial charge in [0, 0.05) is 5.75 Å². The van der Waals surface area contributed by atoms with Crippen LogP contribution in [0.15, 0.2) is 9.81 Å². The molecular weight excluding hydrogens is 232 g/mol. The lowest BCUT2D eigenvalue weighted by molar-refractivity contribution is -0.138. The van der Waals surface area contributed by atoms with Gasteiger partial charge in [-0.2, -0.15) is 10.5 Å². The lowest BCUT2D eigenvalue weighted by Gasteiger charge is -2.01. The second-order valence-corrected chi connectivity index (χ2v) is 5.04. The Morgan fingerprint density at radius 2 is 2.40 bits per heavy atom. The summed E-state index contributed by atoms with van der Waals surface area (Å²) in [5, 5.41) is 17.3. The highest BCUT2D eigenvalue weighted by atomic mass is 32.2. The molecule has 0 aromatic rings. The summed E-state index contributed by atoms with van der Waals surface area (Å²) in [5.74, 6) is 0.00903. The molecule has 0 radical (unpaired) electrons. The van der Waals surface area contributed by atoms with Crippen molar-refractivity contribution in [3.05, 3.63) is 9.81 Å². The number of esters is 1. The Bertz CT molecular complexity index is 379. The molecule has 0 amide bonds. The lowest BCUT2D eigenvalue weighted by atomic mass is 10.3. The largest absolute Gasteiger partial charge is 0.462 e. The molecule has 1 atom stereocenters. The zero-order chi connectivity index (χ0) is 11.3. The third-order valence-corrected chi connectivity index (χ3v) is 4.35. The molecule has 0 N–H and O–H groups in total. The maximum absolute atomic E-state index is 11.3. The Balaban J connectivity index is 2.83. The van der Waals surface area contributed by atoms with E-state index in [1.165, 1.54) is 23.5 Å². The van der Waals surface area contributed by atoms with Crippen molar-refractivity contribution in [2.24, 2.45) is 0 Å². The number of hydrogen-bond donors (Lipinski definition) is 0. The number of nitrogens with zero attached hydrogens (tertiary/aromatic N) is 2. The summed E-state index contributed by atoms with van der Waals surface area (Å²) in [6, 6.07) is 3.92. The second kappa shape index (κ2) is 5.69. The van der Waals surface area contributed by atoms with E-state index in [2.05, 4.69) is 6.07 Å². The smallest absolute Gasteiger partial charge is 0.350 e. The van der Waals surface area contributed by atoms with E-state index in [9.17, 15) is 4.79 Å². The summed E-state index contributed by atoms with van der Waals surface area (Å²) in [6.45, 7) is 1.93. The van der Waals surface area contributed by atoms with Gasteiger partial charge in [-0.25, -0.2) is 4.79 Å². The van der Waals surface area contributed by atoms with E-state index in [0.717, 1.165) is 0 Å². The van der Waals surface area contributed by atoms with Crippen molar-refractivity contribution >= 4 is 29.5 Å².